The van der Waals surface area contributed by atoms with Crippen LogP contribution in [-0.2, 0) is 16.1 Å². The Morgan fingerprint density at radius 2 is 1.76 bits per heavy atom. The molecule has 1 aliphatic rings. The molecule has 0 bridgehead atoms. The van der Waals surface area contributed by atoms with Crippen LogP contribution < -0.4 is 4.74 Å². The Labute approximate surface area is 146 Å². The number of hydrogen-bond donors (Lipinski definition) is 0. The standard InChI is InChI=1S/C18H22N2O5/c1-5-25-15-7-6-13(12(4)21)8-14(15)10-20-17(23)16(22)19(18(20)24)9-11(2)3/h6-8,11H,5,9-10H2,1-4H3. The first-order chi connectivity index (χ1) is 11.8. The number of urea groups is 1. The summed E-state index contributed by atoms with van der Waals surface area (Å²) in [4.78, 5) is 50.2. The first-order valence-corrected chi connectivity index (χ1v) is 8.20. The van der Waals surface area contributed by atoms with Crippen molar-refractivity contribution in [1.82, 2.24) is 9.80 Å². The number of carbonyl (C=O) groups excluding carboxylic acids is 4. The van der Waals surface area contributed by atoms with E-state index in [-0.39, 0.29) is 24.8 Å². The van der Waals surface area contributed by atoms with E-state index in [1.54, 1.807) is 18.2 Å². The molecular weight excluding hydrogens is 324 g/mol. The molecule has 0 spiro atoms. The van der Waals surface area contributed by atoms with E-state index in [0.717, 1.165) is 9.80 Å². The van der Waals surface area contributed by atoms with Gasteiger partial charge in [0.1, 0.15) is 5.75 Å². The molecule has 0 aromatic heterocycles. The Bertz CT molecular complexity index is 726. The molecule has 1 fully saturated rings. The second-order valence-electron chi connectivity index (χ2n) is 6.30. The first-order valence-electron chi connectivity index (χ1n) is 8.20. The van der Waals surface area contributed by atoms with E-state index in [1.807, 2.05) is 20.8 Å². The molecule has 1 aliphatic heterocycles. The van der Waals surface area contributed by atoms with Crippen LogP contribution in [0.3, 0.4) is 0 Å². The van der Waals surface area contributed by atoms with Gasteiger partial charge in [-0.25, -0.2) is 4.79 Å². The molecule has 7 nitrogen and oxygen atoms in total. The first kappa shape index (κ1) is 18.6. The van der Waals surface area contributed by atoms with Crippen molar-refractivity contribution in [3.63, 3.8) is 0 Å². The van der Waals surface area contributed by atoms with Crippen molar-refractivity contribution < 1.29 is 23.9 Å². The number of ketones is 1. The summed E-state index contributed by atoms with van der Waals surface area (Å²) in [6.07, 6.45) is 0. The van der Waals surface area contributed by atoms with Crippen LogP contribution in [-0.4, -0.2) is 46.6 Å². The van der Waals surface area contributed by atoms with E-state index >= 15 is 0 Å². The van der Waals surface area contributed by atoms with E-state index in [0.29, 0.717) is 23.5 Å². The molecule has 1 aromatic carbocycles. The van der Waals surface area contributed by atoms with Crippen molar-refractivity contribution in [2.24, 2.45) is 5.92 Å². The molecule has 1 saturated heterocycles. The van der Waals surface area contributed by atoms with Gasteiger partial charge in [-0.15, -0.1) is 0 Å². The lowest BCUT2D eigenvalue weighted by Gasteiger charge is -2.18. The maximum atomic E-state index is 12.5. The highest BCUT2D eigenvalue weighted by Gasteiger charge is 2.44. The third-order valence-electron chi connectivity index (χ3n) is 3.78. The second-order valence-corrected chi connectivity index (χ2v) is 6.30. The van der Waals surface area contributed by atoms with Crippen molar-refractivity contribution in [3.8, 4) is 5.75 Å². The second kappa shape index (κ2) is 7.46. The van der Waals surface area contributed by atoms with Gasteiger partial charge in [-0.3, -0.25) is 24.2 Å². The summed E-state index contributed by atoms with van der Waals surface area (Å²) in [5.74, 6) is -1.29. The molecule has 25 heavy (non-hydrogen) atoms. The minimum Gasteiger partial charge on any atom is -0.494 e. The molecule has 4 amide bonds. The molecule has 0 unspecified atom stereocenters. The molecule has 0 N–H and O–H groups in total. The number of amides is 4. The molecule has 0 radical (unpaired) electrons. The van der Waals surface area contributed by atoms with Crippen molar-refractivity contribution in [2.45, 2.75) is 34.2 Å². The van der Waals surface area contributed by atoms with Gasteiger partial charge in [-0.05, 0) is 38.0 Å². The number of carbonyl (C=O) groups is 4. The van der Waals surface area contributed by atoms with E-state index in [1.165, 1.54) is 6.92 Å². The largest absolute Gasteiger partial charge is 0.494 e. The van der Waals surface area contributed by atoms with Gasteiger partial charge in [0, 0.05) is 17.7 Å². The summed E-state index contributed by atoms with van der Waals surface area (Å²) in [6.45, 7) is 7.42. The van der Waals surface area contributed by atoms with Crippen molar-refractivity contribution in [1.29, 1.82) is 0 Å². The molecule has 134 valence electrons. The minimum absolute atomic E-state index is 0.0562. The predicted octanol–water partition coefficient (Wildman–Crippen LogP) is 2.23. The van der Waals surface area contributed by atoms with Crippen LogP contribution in [0.25, 0.3) is 0 Å². The summed E-state index contributed by atoms with van der Waals surface area (Å²) in [5.41, 5.74) is 0.957. The lowest BCUT2D eigenvalue weighted by Crippen LogP contribution is -2.35. The number of imide groups is 2. The van der Waals surface area contributed by atoms with E-state index in [4.69, 9.17) is 4.74 Å². The highest BCUT2D eigenvalue weighted by molar-refractivity contribution is 6.44. The average molecular weight is 346 g/mol. The molecule has 1 heterocycles. The number of ether oxygens (including phenoxy) is 1. The maximum Gasteiger partial charge on any atom is 0.334 e. The lowest BCUT2D eigenvalue weighted by molar-refractivity contribution is -0.143. The summed E-state index contributed by atoms with van der Waals surface area (Å²) in [7, 11) is 0. The number of hydrogen-bond acceptors (Lipinski definition) is 5. The summed E-state index contributed by atoms with van der Waals surface area (Å²) in [5, 5.41) is 0. The summed E-state index contributed by atoms with van der Waals surface area (Å²) in [6, 6.07) is 4.21. The quantitative estimate of drug-likeness (QED) is 0.429. The predicted molar refractivity (Wildman–Crippen MR) is 90.1 cm³/mol. The van der Waals surface area contributed by atoms with Gasteiger partial charge >= 0.3 is 17.8 Å². The molecule has 2 rings (SSSR count). The average Bonchev–Trinajstić information content (AvgIpc) is 2.74. The van der Waals surface area contributed by atoms with Gasteiger partial charge in [0.15, 0.2) is 5.78 Å². The van der Waals surface area contributed by atoms with Crippen LogP contribution in [0.15, 0.2) is 18.2 Å². The SMILES string of the molecule is CCOc1ccc(C(C)=O)cc1CN1C(=O)C(=O)N(CC(C)C)C1=O. The summed E-state index contributed by atoms with van der Waals surface area (Å²) < 4.78 is 5.51. The zero-order chi connectivity index (χ0) is 18.7. The Morgan fingerprint density at radius 3 is 2.32 bits per heavy atom. The highest BCUT2D eigenvalue weighted by Crippen LogP contribution is 2.25. The molecule has 1 aromatic rings. The molecule has 0 aliphatic carbocycles. The smallest absolute Gasteiger partial charge is 0.334 e. The monoisotopic (exact) mass is 346 g/mol. The van der Waals surface area contributed by atoms with Crippen LogP contribution in [0.4, 0.5) is 4.79 Å². The normalized spacial score (nSPS) is 14.7. The van der Waals surface area contributed by atoms with Crippen LogP contribution >= 0.6 is 0 Å². The topological polar surface area (TPSA) is 84.0 Å². The van der Waals surface area contributed by atoms with Crippen LogP contribution in [0, 0.1) is 5.92 Å². The van der Waals surface area contributed by atoms with Gasteiger partial charge in [-0.1, -0.05) is 13.8 Å². The Balaban J connectivity index is 2.33. The van der Waals surface area contributed by atoms with Gasteiger partial charge in [-0.2, -0.15) is 0 Å². The highest BCUT2D eigenvalue weighted by atomic mass is 16.5. The zero-order valence-electron chi connectivity index (χ0n) is 14.9. The Hall–Kier alpha value is -2.70. The third-order valence-corrected chi connectivity index (χ3v) is 3.78. The van der Waals surface area contributed by atoms with E-state index in [2.05, 4.69) is 0 Å². The maximum absolute atomic E-state index is 12.5. The van der Waals surface area contributed by atoms with E-state index in [9.17, 15) is 19.2 Å². The fraction of sp³-hybridized carbons (Fsp3) is 0.444. The van der Waals surface area contributed by atoms with Crippen molar-refractivity contribution >= 4 is 23.6 Å². The van der Waals surface area contributed by atoms with Gasteiger partial charge in [0.2, 0.25) is 0 Å². The minimum atomic E-state index is -0.860. The molecular formula is C18H22N2O5. The lowest BCUT2D eigenvalue weighted by atomic mass is 10.1. The molecule has 0 atom stereocenters. The number of nitrogens with zero attached hydrogens (tertiary/aromatic N) is 2. The summed E-state index contributed by atoms with van der Waals surface area (Å²) >= 11 is 0. The Kier molecular flexibility index (Phi) is 5.56. The molecule has 0 saturated carbocycles. The van der Waals surface area contributed by atoms with Crippen molar-refractivity contribution in [3.05, 3.63) is 29.3 Å². The number of Topliss-reactive ketones (excluding diaryl/α,β-unsaturated/α-hetero) is 1. The van der Waals surface area contributed by atoms with Crippen LogP contribution in [0.5, 0.6) is 5.75 Å². The van der Waals surface area contributed by atoms with Crippen molar-refractivity contribution in [2.75, 3.05) is 13.2 Å². The third kappa shape index (κ3) is 3.87. The van der Waals surface area contributed by atoms with Gasteiger partial charge < -0.3 is 4.74 Å². The molecule has 7 heteroatoms. The zero-order valence-corrected chi connectivity index (χ0v) is 14.9. The van der Waals surface area contributed by atoms with Crippen LogP contribution in [0.2, 0.25) is 0 Å². The van der Waals surface area contributed by atoms with E-state index < -0.39 is 17.8 Å². The van der Waals surface area contributed by atoms with Gasteiger partial charge in [0.05, 0.1) is 13.2 Å². The van der Waals surface area contributed by atoms with Gasteiger partial charge in [0.25, 0.3) is 0 Å². The van der Waals surface area contributed by atoms with Crippen LogP contribution in [0.1, 0.15) is 43.6 Å². The number of benzene rings is 1. The fourth-order valence-corrected chi connectivity index (χ4v) is 2.60. The fourth-order valence-electron chi connectivity index (χ4n) is 2.60. The number of rotatable bonds is 7. The Morgan fingerprint density at radius 1 is 1.12 bits per heavy atom.